The molecule has 0 aliphatic rings. The fourth-order valence-corrected chi connectivity index (χ4v) is 4.08. The molecule has 2 aromatic carbocycles. The van der Waals surface area contributed by atoms with Crippen molar-refractivity contribution in [3.8, 4) is 5.69 Å². The van der Waals surface area contributed by atoms with Gasteiger partial charge in [-0.15, -0.1) is 0 Å². The molecule has 1 heterocycles. The van der Waals surface area contributed by atoms with Crippen LogP contribution in [0.5, 0.6) is 0 Å². The van der Waals surface area contributed by atoms with E-state index in [1.165, 1.54) is 7.05 Å². The summed E-state index contributed by atoms with van der Waals surface area (Å²) in [6, 6.07) is 14.2. The van der Waals surface area contributed by atoms with Crippen molar-refractivity contribution in [1.82, 2.24) is 19.2 Å². The average Bonchev–Trinajstić information content (AvgIpc) is 3.12. The first-order valence-electron chi connectivity index (χ1n) is 9.17. The minimum absolute atomic E-state index is 0.166. The number of sulfonamides is 1. The van der Waals surface area contributed by atoms with Crippen LogP contribution in [-0.2, 0) is 21.4 Å². The van der Waals surface area contributed by atoms with Gasteiger partial charge in [0.15, 0.2) is 0 Å². The number of hydrogen-bond donors (Lipinski definition) is 1. The van der Waals surface area contributed by atoms with Gasteiger partial charge in [0.1, 0.15) is 5.82 Å². The molecule has 0 aliphatic heterocycles. The van der Waals surface area contributed by atoms with Crippen molar-refractivity contribution in [3.05, 3.63) is 77.9 Å². The summed E-state index contributed by atoms with van der Waals surface area (Å²) in [6.45, 7) is 3.81. The van der Waals surface area contributed by atoms with E-state index in [1.54, 1.807) is 30.5 Å². The summed E-state index contributed by atoms with van der Waals surface area (Å²) in [7, 11) is -2.32. The van der Waals surface area contributed by atoms with E-state index >= 15 is 0 Å². The van der Waals surface area contributed by atoms with Gasteiger partial charge in [-0.3, -0.25) is 4.79 Å². The highest BCUT2D eigenvalue weighted by Crippen LogP contribution is 2.17. The van der Waals surface area contributed by atoms with E-state index in [-0.39, 0.29) is 23.9 Å². The zero-order valence-corrected chi connectivity index (χ0v) is 17.5. The van der Waals surface area contributed by atoms with E-state index in [0.29, 0.717) is 0 Å². The topological polar surface area (TPSA) is 84.3 Å². The maximum absolute atomic E-state index is 12.6. The average molecular weight is 413 g/mol. The molecule has 0 atom stereocenters. The standard InChI is InChI=1S/C21H24N4O3S/c1-16-8-10-19(11-9-16)29(27,28)24(3)15-21(26)23-14-18-6-4-5-7-20(18)25-13-12-22-17(25)2/h4-13H,14-15H2,1-3H3,(H,23,26). The minimum atomic E-state index is -3.72. The second kappa shape index (κ2) is 8.59. The Morgan fingerprint density at radius 3 is 2.45 bits per heavy atom. The van der Waals surface area contributed by atoms with Gasteiger partial charge in [-0.1, -0.05) is 35.9 Å². The molecular weight excluding hydrogens is 388 g/mol. The van der Waals surface area contributed by atoms with Gasteiger partial charge in [-0.25, -0.2) is 13.4 Å². The molecule has 0 aliphatic carbocycles. The molecule has 0 saturated carbocycles. The molecule has 3 rings (SSSR count). The molecule has 0 fully saturated rings. The maximum Gasteiger partial charge on any atom is 0.243 e. The first-order valence-corrected chi connectivity index (χ1v) is 10.6. The number of amides is 1. The molecule has 1 aromatic heterocycles. The van der Waals surface area contributed by atoms with Crippen LogP contribution in [0.2, 0.25) is 0 Å². The van der Waals surface area contributed by atoms with Gasteiger partial charge in [0.2, 0.25) is 15.9 Å². The number of imidazole rings is 1. The number of para-hydroxylation sites is 1. The number of hydrogen-bond acceptors (Lipinski definition) is 4. The Labute approximate surface area is 171 Å². The van der Waals surface area contributed by atoms with Crippen molar-refractivity contribution in [2.24, 2.45) is 0 Å². The van der Waals surface area contributed by atoms with Crippen molar-refractivity contribution in [2.75, 3.05) is 13.6 Å². The minimum Gasteiger partial charge on any atom is -0.351 e. The Morgan fingerprint density at radius 1 is 1.10 bits per heavy atom. The van der Waals surface area contributed by atoms with Crippen LogP contribution < -0.4 is 5.32 Å². The summed E-state index contributed by atoms with van der Waals surface area (Å²) in [4.78, 5) is 16.8. The summed E-state index contributed by atoms with van der Waals surface area (Å²) in [5, 5.41) is 2.81. The lowest BCUT2D eigenvalue weighted by atomic mass is 10.1. The molecule has 0 radical (unpaired) electrons. The highest BCUT2D eigenvalue weighted by Gasteiger charge is 2.22. The number of nitrogens with one attached hydrogen (secondary N) is 1. The third-order valence-electron chi connectivity index (χ3n) is 4.65. The number of aryl methyl sites for hydroxylation is 2. The predicted octanol–water partition coefficient (Wildman–Crippen LogP) is 2.43. The molecule has 1 N–H and O–H groups in total. The monoisotopic (exact) mass is 412 g/mol. The van der Waals surface area contributed by atoms with E-state index in [1.807, 2.05) is 48.9 Å². The zero-order valence-electron chi connectivity index (χ0n) is 16.7. The highest BCUT2D eigenvalue weighted by atomic mass is 32.2. The van der Waals surface area contributed by atoms with Crippen LogP contribution in [0.3, 0.4) is 0 Å². The maximum atomic E-state index is 12.6. The molecule has 152 valence electrons. The first-order chi connectivity index (χ1) is 13.8. The van der Waals surface area contributed by atoms with Gasteiger partial charge < -0.3 is 9.88 Å². The molecule has 0 unspecified atom stereocenters. The first kappa shape index (κ1) is 20.8. The Kier molecular flexibility index (Phi) is 6.14. The molecule has 8 heteroatoms. The largest absolute Gasteiger partial charge is 0.351 e. The number of likely N-dealkylation sites (N-methyl/N-ethyl adjacent to an activating group) is 1. The molecule has 3 aromatic rings. The second-order valence-electron chi connectivity index (χ2n) is 6.82. The van der Waals surface area contributed by atoms with Gasteiger partial charge in [0, 0.05) is 26.0 Å². The van der Waals surface area contributed by atoms with Crippen LogP contribution >= 0.6 is 0 Å². The van der Waals surface area contributed by atoms with Crippen molar-refractivity contribution in [1.29, 1.82) is 0 Å². The summed E-state index contributed by atoms with van der Waals surface area (Å²) < 4.78 is 28.3. The SMILES string of the molecule is Cc1ccc(S(=O)(=O)N(C)CC(=O)NCc2ccccc2-n2ccnc2C)cc1. The number of rotatable bonds is 7. The number of aromatic nitrogens is 2. The van der Waals surface area contributed by atoms with E-state index in [0.717, 1.165) is 26.9 Å². The van der Waals surface area contributed by atoms with Gasteiger partial charge in [0.05, 0.1) is 17.1 Å². The Hall–Kier alpha value is -2.97. The number of benzene rings is 2. The molecule has 29 heavy (non-hydrogen) atoms. The lowest BCUT2D eigenvalue weighted by Gasteiger charge is -2.18. The van der Waals surface area contributed by atoms with Gasteiger partial charge in [-0.05, 0) is 37.6 Å². The summed E-state index contributed by atoms with van der Waals surface area (Å²) in [5.74, 6) is 0.466. The van der Waals surface area contributed by atoms with Crippen LogP contribution in [0.4, 0.5) is 0 Å². The Morgan fingerprint density at radius 2 is 1.79 bits per heavy atom. The van der Waals surface area contributed by atoms with Crippen molar-refractivity contribution in [3.63, 3.8) is 0 Å². The van der Waals surface area contributed by atoms with E-state index in [2.05, 4.69) is 10.3 Å². The van der Waals surface area contributed by atoms with Crippen molar-refractivity contribution < 1.29 is 13.2 Å². The molecule has 0 saturated heterocycles. The number of nitrogens with zero attached hydrogens (tertiary/aromatic N) is 3. The number of carbonyl (C=O) groups excluding carboxylic acids is 1. The lowest BCUT2D eigenvalue weighted by molar-refractivity contribution is -0.121. The summed E-state index contributed by atoms with van der Waals surface area (Å²) in [5.41, 5.74) is 2.80. The summed E-state index contributed by atoms with van der Waals surface area (Å²) in [6.07, 6.45) is 3.58. The van der Waals surface area contributed by atoms with E-state index < -0.39 is 10.0 Å². The second-order valence-corrected chi connectivity index (χ2v) is 8.87. The van der Waals surface area contributed by atoms with Crippen LogP contribution in [0, 0.1) is 13.8 Å². The predicted molar refractivity (Wildman–Crippen MR) is 111 cm³/mol. The Balaban J connectivity index is 1.66. The van der Waals surface area contributed by atoms with Crippen LogP contribution in [0.15, 0.2) is 65.8 Å². The molecule has 1 amide bonds. The fraction of sp³-hybridized carbons (Fsp3) is 0.238. The zero-order chi connectivity index (χ0) is 21.0. The van der Waals surface area contributed by atoms with Gasteiger partial charge in [-0.2, -0.15) is 4.31 Å². The van der Waals surface area contributed by atoms with Gasteiger partial charge in [0.25, 0.3) is 0 Å². The lowest BCUT2D eigenvalue weighted by Crippen LogP contribution is -2.38. The molecular formula is C21H24N4O3S. The smallest absolute Gasteiger partial charge is 0.243 e. The quantitative estimate of drug-likeness (QED) is 0.646. The fourth-order valence-electron chi connectivity index (χ4n) is 2.95. The molecule has 0 spiro atoms. The van der Waals surface area contributed by atoms with Crippen LogP contribution in [-0.4, -0.2) is 41.8 Å². The van der Waals surface area contributed by atoms with E-state index in [4.69, 9.17) is 0 Å². The third-order valence-corrected chi connectivity index (χ3v) is 6.47. The highest BCUT2D eigenvalue weighted by molar-refractivity contribution is 7.89. The van der Waals surface area contributed by atoms with Crippen molar-refractivity contribution in [2.45, 2.75) is 25.3 Å². The van der Waals surface area contributed by atoms with Gasteiger partial charge >= 0.3 is 0 Å². The van der Waals surface area contributed by atoms with Crippen molar-refractivity contribution >= 4 is 15.9 Å². The summed E-state index contributed by atoms with van der Waals surface area (Å²) >= 11 is 0. The van der Waals surface area contributed by atoms with Crippen LogP contribution in [0.1, 0.15) is 17.0 Å². The normalized spacial score (nSPS) is 11.6. The van der Waals surface area contributed by atoms with Crippen LogP contribution in [0.25, 0.3) is 5.69 Å². The molecule has 0 bridgehead atoms. The Bertz CT molecular complexity index is 1100. The number of carbonyl (C=O) groups is 1. The third kappa shape index (κ3) is 4.72. The molecule has 7 nitrogen and oxygen atoms in total. The van der Waals surface area contributed by atoms with E-state index in [9.17, 15) is 13.2 Å².